The number of anilines is 1. The van der Waals surface area contributed by atoms with Crippen LogP contribution in [0.25, 0.3) is 0 Å². The van der Waals surface area contributed by atoms with Crippen LogP contribution in [0, 0.1) is 0 Å². The highest BCUT2D eigenvalue weighted by molar-refractivity contribution is 6.30. The second kappa shape index (κ2) is 5.95. The number of benzene rings is 1. The number of carbonyl (C=O) groups is 1. The first kappa shape index (κ1) is 14.6. The molecule has 0 aliphatic rings. The molecule has 2 N–H and O–H groups in total. The molecular formula is C11H12ClF3N2O. The highest BCUT2D eigenvalue weighted by Crippen LogP contribution is 2.33. The number of hydrogen-bond donors (Lipinski definition) is 2. The molecule has 100 valence electrons. The number of rotatable bonds is 4. The van der Waals surface area contributed by atoms with Crippen molar-refractivity contribution in [3.63, 3.8) is 0 Å². The number of carbonyl (C=O) groups excluding carboxylic acids is 1. The van der Waals surface area contributed by atoms with Gasteiger partial charge in [-0.3, -0.25) is 4.79 Å². The lowest BCUT2D eigenvalue weighted by Crippen LogP contribution is -2.29. The first-order valence-corrected chi connectivity index (χ1v) is 5.59. The van der Waals surface area contributed by atoms with Gasteiger partial charge in [0, 0.05) is 17.3 Å². The molecular weight excluding hydrogens is 269 g/mol. The predicted molar refractivity (Wildman–Crippen MR) is 63.6 cm³/mol. The third-order valence-corrected chi connectivity index (χ3v) is 2.27. The van der Waals surface area contributed by atoms with Crippen LogP contribution in [0.2, 0.25) is 5.02 Å². The summed E-state index contributed by atoms with van der Waals surface area (Å²) in [5.74, 6) is -0.300. The zero-order valence-corrected chi connectivity index (χ0v) is 10.3. The van der Waals surface area contributed by atoms with Gasteiger partial charge in [0.15, 0.2) is 0 Å². The highest BCUT2D eigenvalue weighted by atomic mass is 35.5. The lowest BCUT2D eigenvalue weighted by atomic mass is 10.2. The summed E-state index contributed by atoms with van der Waals surface area (Å²) >= 11 is 5.59. The van der Waals surface area contributed by atoms with E-state index in [-0.39, 0.29) is 23.2 Å². The third-order valence-electron chi connectivity index (χ3n) is 2.05. The monoisotopic (exact) mass is 280 g/mol. The van der Waals surface area contributed by atoms with Crippen molar-refractivity contribution in [3.8, 4) is 0 Å². The summed E-state index contributed by atoms with van der Waals surface area (Å²) in [5.41, 5.74) is -0.700. The van der Waals surface area contributed by atoms with Gasteiger partial charge in [-0.15, -0.1) is 0 Å². The Morgan fingerprint density at radius 2 is 2.00 bits per heavy atom. The van der Waals surface area contributed by atoms with Crippen LogP contribution in [-0.4, -0.2) is 19.0 Å². The Bertz CT molecular complexity index is 435. The van der Waals surface area contributed by atoms with E-state index in [4.69, 9.17) is 11.6 Å². The minimum absolute atomic E-state index is 0.0387. The zero-order chi connectivity index (χ0) is 13.8. The van der Waals surface area contributed by atoms with Gasteiger partial charge in [-0.05, 0) is 25.1 Å². The van der Waals surface area contributed by atoms with E-state index in [2.05, 4.69) is 10.6 Å². The number of alkyl halides is 3. The van der Waals surface area contributed by atoms with E-state index in [9.17, 15) is 18.0 Å². The van der Waals surface area contributed by atoms with Gasteiger partial charge in [0.1, 0.15) is 0 Å². The van der Waals surface area contributed by atoms with Crippen LogP contribution in [-0.2, 0) is 11.0 Å². The van der Waals surface area contributed by atoms with Crippen molar-refractivity contribution >= 4 is 23.2 Å². The fourth-order valence-electron chi connectivity index (χ4n) is 1.30. The largest absolute Gasteiger partial charge is 0.416 e. The smallest absolute Gasteiger partial charge is 0.376 e. The van der Waals surface area contributed by atoms with Crippen molar-refractivity contribution in [2.45, 2.75) is 13.1 Å². The van der Waals surface area contributed by atoms with Crippen LogP contribution in [0.1, 0.15) is 12.5 Å². The highest BCUT2D eigenvalue weighted by Gasteiger charge is 2.31. The van der Waals surface area contributed by atoms with Crippen LogP contribution in [0.15, 0.2) is 18.2 Å². The second-order valence-electron chi connectivity index (χ2n) is 3.53. The molecule has 0 aromatic heterocycles. The molecule has 0 fully saturated rings. The topological polar surface area (TPSA) is 41.1 Å². The summed E-state index contributed by atoms with van der Waals surface area (Å²) in [6.45, 7) is 2.11. The molecule has 0 unspecified atom stereocenters. The van der Waals surface area contributed by atoms with Crippen LogP contribution >= 0.6 is 11.6 Å². The number of amides is 1. The van der Waals surface area contributed by atoms with Gasteiger partial charge in [-0.1, -0.05) is 11.6 Å². The predicted octanol–water partition coefficient (Wildman–Crippen LogP) is 2.91. The SMILES string of the molecule is CCNC(=O)CNc1cc(Cl)cc(C(F)(F)F)c1. The lowest BCUT2D eigenvalue weighted by molar-refractivity contribution is -0.137. The van der Waals surface area contributed by atoms with Gasteiger partial charge in [0.25, 0.3) is 0 Å². The molecule has 0 aliphatic heterocycles. The average molecular weight is 281 g/mol. The number of likely N-dealkylation sites (N-methyl/N-ethyl adjacent to an activating group) is 1. The molecule has 0 radical (unpaired) electrons. The van der Waals surface area contributed by atoms with E-state index in [0.29, 0.717) is 6.54 Å². The quantitative estimate of drug-likeness (QED) is 0.890. The van der Waals surface area contributed by atoms with Gasteiger partial charge in [-0.25, -0.2) is 0 Å². The first-order valence-electron chi connectivity index (χ1n) is 5.21. The average Bonchev–Trinajstić information content (AvgIpc) is 2.25. The molecule has 7 heteroatoms. The molecule has 0 saturated carbocycles. The summed E-state index contributed by atoms with van der Waals surface area (Å²) in [6.07, 6.45) is -4.47. The van der Waals surface area contributed by atoms with E-state index in [0.717, 1.165) is 12.1 Å². The summed E-state index contributed by atoms with van der Waals surface area (Å²) in [5, 5.41) is 5.07. The lowest BCUT2D eigenvalue weighted by Gasteiger charge is -2.11. The van der Waals surface area contributed by atoms with Crippen molar-refractivity contribution in [1.82, 2.24) is 5.32 Å². The molecule has 1 aromatic carbocycles. The molecule has 0 spiro atoms. The molecule has 0 bridgehead atoms. The first-order chi connectivity index (χ1) is 8.32. The number of hydrogen-bond acceptors (Lipinski definition) is 2. The molecule has 1 aromatic rings. The number of halogens is 4. The Morgan fingerprint density at radius 3 is 2.56 bits per heavy atom. The van der Waals surface area contributed by atoms with E-state index >= 15 is 0 Å². The molecule has 0 aliphatic carbocycles. The van der Waals surface area contributed by atoms with E-state index in [1.165, 1.54) is 6.07 Å². The van der Waals surface area contributed by atoms with Crippen LogP contribution < -0.4 is 10.6 Å². The van der Waals surface area contributed by atoms with Crippen molar-refractivity contribution in [2.24, 2.45) is 0 Å². The maximum absolute atomic E-state index is 12.5. The maximum Gasteiger partial charge on any atom is 0.416 e. The van der Waals surface area contributed by atoms with Crippen LogP contribution in [0.4, 0.5) is 18.9 Å². The Balaban J connectivity index is 2.78. The van der Waals surface area contributed by atoms with Gasteiger partial charge < -0.3 is 10.6 Å². The van der Waals surface area contributed by atoms with Gasteiger partial charge in [-0.2, -0.15) is 13.2 Å². The molecule has 0 atom stereocenters. The summed E-state index contributed by atoms with van der Waals surface area (Å²) < 4.78 is 37.5. The van der Waals surface area contributed by atoms with Crippen molar-refractivity contribution in [2.75, 3.05) is 18.4 Å². The van der Waals surface area contributed by atoms with E-state index in [1.54, 1.807) is 6.92 Å². The van der Waals surface area contributed by atoms with Crippen LogP contribution in [0.3, 0.4) is 0 Å². The summed E-state index contributed by atoms with van der Waals surface area (Å²) in [4.78, 5) is 11.2. The Morgan fingerprint density at radius 1 is 1.33 bits per heavy atom. The van der Waals surface area contributed by atoms with Crippen molar-refractivity contribution in [1.29, 1.82) is 0 Å². The maximum atomic E-state index is 12.5. The third kappa shape index (κ3) is 4.44. The Labute approximate surface area is 107 Å². The Hall–Kier alpha value is -1.43. The minimum atomic E-state index is -4.47. The molecule has 0 saturated heterocycles. The second-order valence-corrected chi connectivity index (χ2v) is 3.97. The molecule has 3 nitrogen and oxygen atoms in total. The van der Waals surface area contributed by atoms with Crippen molar-refractivity contribution in [3.05, 3.63) is 28.8 Å². The van der Waals surface area contributed by atoms with E-state index in [1.807, 2.05) is 0 Å². The normalized spacial score (nSPS) is 11.2. The minimum Gasteiger partial charge on any atom is -0.376 e. The molecule has 1 rings (SSSR count). The van der Waals surface area contributed by atoms with Gasteiger partial charge >= 0.3 is 6.18 Å². The van der Waals surface area contributed by atoms with Gasteiger partial charge in [0.2, 0.25) is 5.91 Å². The standard InChI is InChI=1S/C11H12ClF3N2O/c1-2-16-10(18)6-17-9-4-7(11(13,14)15)3-8(12)5-9/h3-5,17H,2,6H2,1H3,(H,16,18). The van der Waals surface area contributed by atoms with Crippen LogP contribution in [0.5, 0.6) is 0 Å². The molecule has 1 amide bonds. The fraction of sp³-hybridized carbons (Fsp3) is 0.364. The zero-order valence-electron chi connectivity index (χ0n) is 9.57. The molecule has 0 heterocycles. The number of nitrogens with one attached hydrogen (secondary N) is 2. The van der Waals surface area contributed by atoms with Crippen molar-refractivity contribution < 1.29 is 18.0 Å². The van der Waals surface area contributed by atoms with Gasteiger partial charge in [0.05, 0.1) is 12.1 Å². The fourth-order valence-corrected chi connectivity index (χ4v) is 1.53. The summed E-state index contributed by atoms with van der Waals surface area (Å²) in [7, 11) is 0. The summed E-state index contributed by atoms with van der Waals surface area (Å²) in [6, 6.07) is 3.07. The molecule has 18 heavy (non-hydrogen) atoms. The van der Waals surface area contributed by atoms with E-state index < -0.39 is 11.7 Å². The Kier molecular flexibility index (Phi) is 4.84.